The van der Waals surface area contributed by atoms with Crippen LogP contribution >= 0.6 is 23.2 Å². The van der Waals surface area contributed by atoms with E-state index >= 15 is 0 Å². The molecule has 0 saturated carbocycles. The first-order valence-electron chi connectivity index (χ1n) is 12.0. The van der Waals surface area contributed by atoms with Crippen LogP contribution in [0.1, 0.15) is 30.3 Å². The van der Waals surface area contributed by atoms with E-state index in [4.69, 9.17) is 28.2 Å². The fourth-order valence-corrected chi connectivity index (χ4v) is 4.52. The number of benzene rings is 2. The topological polar surface area (TPSA) is 143 Å². The van der Waals surface area contributed by atoms with Crippen LogP contribution in [-0.4, -0.2) is 48.7 Å². The molecular formula is C26H23Cl2N9O2. The van der Waals surface area contributed by atoms with Gasteiger partial charge in [0.25, 0.3) is 0 Å². The highest BCUT2D eigenvalue weighted by atomic mass is 35.5. The van der Waals surface area contributed by atoms with Gasteiger partial charge in [0.05, 0.1) is 17.4 Å². The van der Waals surface area contributed by atoms with Crippen molar-refractivity contribution in [1.82, 2.24) is 40.8 Å². The third kappa shape index (κ3) is 6.33. The van der Waals surface area contributed by atoms with Crippen molar-refractivity contribution in [3.05, 3.63) is 88.6 Å². The lowest BCUT2D eigenvalue weighted by Gasteiger charge is -2.15. The molecule has 1 aliphatic heterocycles. The first kappa shape index (κ1) is 26.1. The molecule has 5 rings (SSSR count). The fraction of sp³-hybridized carbons (Fsp3) is 0.154. The normalized spacial score (nSPS) is 16.6. The monoisotopic (exact) mass is 563 g/mol. The summed E-state index contributed by atoms with van der Waals surface area (Å²) >= 11 is 12.7. The number of aromatic amines is 1. The van der Waals surface area contributed by atoms with Crippen molar-refractivity contribution in [2.45, 2.75) is 18.9 Å². The van der Waals surface area contributed by atoms with Gasteiger partial charge in [0.1, 0.15) is 23.0 Å². The molecule has 0 saturated heterocycles. The van der Waals surface area contributed by atoms with Crippen LogP contribution in [0.5, 0.6) is 0 Å². The molecule has 0 fully saturated rings. The van der Waals surface area contributed by atoms with Gasteiger partial charge in [-0.15, -0.1) is 5.10 Å². The number of hydrogen-bond donors (Lipinski definition) is 4. The van der Waals surface area contributed by atoms with E-state index < -0.39 is 6.04 Å². The number of anilines is 1. The van der Waals surface area contributed by atoms with Crippen molar-refractivity contribution >= 4 is 46.9 Å². The molecule has 1 aliphatic rings. The standard InChI is InChI=1S/C26H23Cl2N9O2/c27-17-10-11-21(37-15-30-35-36-37)16(14-17)9-12-22(38)31-20-8-2-1-5-13-29-26(39)32-19-7-4-3-6-18(19)23-24(28)34-25(20)33-23/h1,3-7,9-12,14-15,20H,2,8,13H2,(H,31,38)(H,33,34)(H2,29,32,39)/b5-1+,12-9+/t20-/m0/s1. The number of carbonyl (C=O) groups excluding carboxylic acids is 2. The van der Waals surface area contributed by atoms with Gasteiger partial charge >= 0.3 is 6.03 Å². The number of carbonyl (C=O) groups is 2. The molecule has 0 radical (unpaired) electrons. The molecule has 0 unspecified atom stereocenters. The Hall–Kier alpha value is -4.48. The van der Waals surface area contributed by atoms with Crippen LogP contribution in [0.15, 0.2) is 67.0 Å². The van der Waals surface area contributed by atoms with Crippen molar-refractivity contribution in [2.24, 2.45) is 0 Å². The van der Waals surface area contributed by atoms with E-state index in [1.165, 1.54) is 17.1 Å². The molecule has 3 heterocycles. The second-order valence-corrected chi connectivity index (χ2v) is 9.38. The summed E-state index contributed by atoms with van der Waals surface area (Å²) in [5, 5.41) is 20.7. The number of urea groups is 1. The smallest absolute Gasteiger partial charge is 0.319 e. The largest absolute Gasteiger partial charge is 0.343 e. The Morgan fingerprint density at radius 1 is 1.15 bits per heavy atom. The second-order valence-electron chi connectivity index (χ2n) is 8.57. The summed E-state index contributed by atoms with van der Waals surface area (Å²) in [4.78, 5) is 33.2. The lowest BCUT2D eigenvalue weighted by atomic mass is 10.1. The number of amides is 3. The first-order chi connectivity index (χ1) is 19.0. The Kier molecular flexibility index (Phi) is 7.99. The molecule has 2 bridgehead atoms. The fourth-order valence-electron chi connectivity index (χ4n) is 4.10. The lowest BCUT2D eigenvalue weighted by molar-refractivity contribution is -0.117. The number of hydrogen-bond acceptors (Lipinski definition) is 6. The van der Waals surface area contributed by atoms with Gasteiger partial charge in [-0.2, -0.15) is 4.68 Å². The Bertz CT molecular complexity index is 1550. The minimum Gasteiger partial charge on any atom is -0.343 e. The minimum absolute atomic E-state index is 0.296. The zero-order valence-electron chi connectivity index (χ0n) is 20.4. The van der Waals surface area contributed by atoms with Crippen molar-refractivity contribution in [3.8, 4) is 16.9 Å². The molecule has 13 heteroatoms. The van der Waals surface area contributed by atoms with Crippen LogP contribution in [-0.2, 0) is 4.79 Å². The number of H-pyrrole nitrogens is 1. The van der Waals surface area contributed by atoms with E-state index in [-0.39, 0.29) is 11.9 Å². The van der Waals surface area contributed by atoms with Crippen molar-refractivity contribution in [3.63, 3.8) is 0 Å². The Labute approximate surface area is 233 Å². The van der Waals surface area contributed by atoms with Crippen LogP contribution in [0.2, 0.25) is 10.2 Å². The van der Waals surface area contributed by atoms with Gasteiger partial charge in [-0.3, -0.25) is 4.79 Å². The van der Waals surface area contributed by atoms with E-state index in [9.17, 15) is 9.59 Å². The highest BCUT2D eigenvalue weighted by molar-refractivity contribution is 6.32. The summed E-state index contributed by atoms with van der Waals surface area (Å²) in [6.45, 7) is 0.361. The summed E-state index contributed by atoms with van der Waals surface area (Å²) in [7, 11) is 0. The Balaban J connectivity index is 1.42. The van der Waals surface area contributed by atoms with E-state index in [2.05, 4.69) is 36.5 Å². The number of nitrogens with one attached hydrogen (secondary N) is 4. The van der Waals surface area contributed by atoms with Crippen molar-refractivity contribution < 1.29 is 9.59 Å². The lowest BCUT2D eigenvalue weighted by Crippen LogP contribution is -2.29. The zero-order valence-corrected chi connectivity index (χ0v) is 21.9. The molecule has 2 aromatic heterocycles. The third-order valence-electron chi connectivity index (χ3n) is 5.92. The first-order valence-corrected chi connectivity index (χ1v) is 12.8. The second kappa shape index (κ2) is 11.9. The van der Waals surface area contributed by atoms with Gasteiger partial charge in [-0.1, -0.05) is 53.6 Å². The highest BCUT2D eigenvalue weighted by Gasteiger charge is 2.22. The number of rotatable bonds is 4. The average molecular weight is 564 g/mol. The maximum absolute atomic E-state index is 13.1. The third-order valence-corrected chi connectivity index (χ3v) is 6.43. The molecule has 198 valence electrons. The predicted molar refractivity (Wildman–Crippen MR) is 149 cm³/mol. The Morgan fingerprint density at radius 2 is 2.03 bits per heavy atom. The highest BCUT2D eigenvalue weighted by Crippen LogP contribution is 2.33. The average Bonchev–Trinajstić information content (AvgIpc) is 3.59. The van der Waals surface area contributed by atoms with E-state index in [0.717, 1.165) is 0 Å². The van der Waals surface area contributed by atoms with Gasteiger partial charge in [0.15, 0.2) is 0 Å². The van der Waals surface area contributed by atoms with Gasteiger partial charge in [-0.25, -0.2) is 9.78 Å². The summed E-state index contributed by atoms with van der Waals surface area (Å²) in [5.74, 6) is 0.162. The van der Waals surface area contributed by atoms with Crippen LogP contribution in [0.4, 0.5) is 10.5 Å². The summed E-state index contributed by atoms with van der Waals surface area (Å²) in [5.41, 5.74) is 3.00. The molecule has 3 amide bonds. The number of halogens is 2. The molecule has 39 heavy (non-hydrogen) atoms. The minimum atomic E-state index is -0.464. The number of fused-ring (bicyclic) bond motifs is 4. The van der Waals surface area contributed by atoms with Crippen LogP contribution in [0.25, 0.3) is 23.0 Å². The summed E-state index contributed by atoms with van der Waals surface area (Å²) in [6, 6.07) is 11.6. The molecule has 0 spiro atoms. The molecule has 1 atom stereocenters. The van der Waals surface area contributed by atoms with Crippen LogP contribution in [0.3, 0.4) is 0 Å². The van der Waals surface area contributed by atoms with Crippen molar-refractivity contribution in [2.75, 3.05) is 11.9 Å². The van der Waals surface area contributed by atoms with Crippen LogP contribution in [0, 0.1) is 0 Å². The zero-order chi connectivity index (χ0) is 27.2. The molecule has 11 nitrogen and oxygen atoms in total. The SMILES string of the molecule is O=C(/C=C/c1cc(Cl)ccc1-n1cnnn1)N[C@H]1CC/C=C/CNC(=O)Nc2ccccc2-c2nc1[nH]c2Cl. The molecule has 4 aromatic rings. The van der Waals surface area contributed by atoms with Gasteiger partial charge in [0, 0.05) is 28.8 Å². The number of para-hydroxylation sites is 1. The van der Waals surface area contributed by atoms with Crippen LogP contribution < -0.4 is 16.0 Å². The maximum atomic E-state index is 13.1. The maximum Gasteiger partial charge on any atom is 0.319 e. The number of nitrogens with zero attached hydrogens (tertiary/aromatic N) is 5. The predicted octanol–water partition coefficient (Wildman–Crippen LogP) is 4.70. The number of aromatic nitrogens is 6. The Morgan fingerprint density at radius 3 is 2.87 bits per heavy atom. The van der Waals surface area contributed by atoms with Gasteiger partial charge in [0.2, 0.25) is 5.91 Å². The van der Waals surface area contributed by atoms with Gasteiger partial charge < -0.3 is 20.9 Å². The number of tetrazole rings is 1. The van der Waals surface area contributed by atoms with Gasteiger partial charge in [-0.05, 0) is 53.6 Å². The number of allylic oxidation sites excluding steroid dienone is 1. The number of imidazole rings is 1. The molecule has 2 aromatic carbocycles. The van der Waals surface area contributed by atoms with E-state index in [1.807, 2.05) is 30.4 Å². The summed E-state index contributed by atoms with van der Waals surface area (Å²) < 4.78 is 1.49. The molecule has 0 aliphatic carbocycles. The van der Waals surface area contributed by atoms with Crippen molar-refractivity contribution in [1.29, 1.82) is 0 Å². The molecular weight excluding hydrogens is 541 g/mol. The van der Waals surface area contributed by atoms with E-state index in [1.54, 1.807) is 30.3 Å². The van der Waals surface area contributed by atoms with E-state index in [0.29, 0.717) is 63.6 Å². The summed E-state index contributed by atoms with van der Waals surface area (Å²) in [6.07, 6.45) is 9.48. The quantitative estimate of drug-likeness (QED) is 0.209. The molecule has 4 N–H and O–H groups in total.